The summed E-state index contributed by atoms with van der Waals surface area (Å²) < 4.78 is 0. The van der Waals surface area contributed by atoms with Crippen molar-refractivity contribution in [2.75, 3.05) is 0 Å². The van der Waals surface area contributed by atoms with Gasteiger partial charge in [-0.05, 0) is 6.42 Å². The summed E-state index contributed by atoms with van der Waals surface area (Å²) in [6.07, 6.45) is 3.90. The predicted molar refractivity (Wildman–Crippen MR) is 37.6 cm³/mol. The molecule has 0 aromatic rings. The normalized spacial score (nSPS) is 9.11. The van der Waals surface area contributed by atoms with Crippen molar-refractivity contribution in [1.82, 2.24) is 5.32 Å². The van der Waals surface area contributed by atoms with Crippen molar-refractivity contribution >= 4 is 5.91 Å². The van der Waals surface area contributed by atoms with E-state index in [1.165, 1.54) is 0 Å². The number of carbonyl (C=O) groups excluding carboxylic acids is 1. The number of amides is 1. The van der Waals surface area contributed by atoms with Gasteiger partial charge in [0.05, 0.1) is 0 Å². The molecule has 0 saturated carbocycles. The molecule has 1 N–H and O–H groups in total. The molecule has 1 radical (unpaired) electrons. The van der Waals surface area contributed by atoms with Crippen molar-refractivity contribution < 1.29 is 4.79 Å². The van der Waals surface area contributed by atoms with Crippen LogP contribution in [0.3, 0.4) is 0 Å². The molecule has 1 amide bonds. The molecular formula is C7H14NO. The van der Waals surface area contributed by atoms with Crippen molar-refractivity contribution in [2.24, 2.45) is 0 Å². The van der Waals surface area contributed by atoms with Gasteiger partial charge in [-0.1, -0.05) is 19.8 Å². The summed E-state index contributed by atoms with van der Waals surface area (Å²) in [6, 6.07) is 0. The lowest BCUT2D eigenvalue weighted by Crippen LogP contribution is -2.14. The van der Waals surface area contributed by atoms with E-state index in [-0.39, 0.29) is 5.91 Å². The summed E-state index contributed by atoms with van der Waals surface area (Å²) in [5.74, 6) is 0.0449. The molecule has 9 heavy (non-hydrogen) atoms. The fourth-order valence-corrected chi connectivity index (χ4v) is 0.624. The van der Waals surface area contributed by atoms with Crippen LogP contribution >= 0.6 is 0 Å². The van der Waals surface area contributed by atoms with Crippen molar-refractivity contribution in [3.63, 3.8) is 0 Å². The van der Waals surface area contributed by atoms with Gasteiger partial charge in [0, 0.05) is 13.5 Å². The third-order valence-corrected chi connectivity index (χ3v) is 1.20. The molecule has 0 bridgehead atoms. The van der Waals surface area contributed by atoms with Gasteiger partial charge < -0.3 is 5.32 Å². The number of rotatable bonds is 4. The van der Waals surface area contributed by atoms with Crippen LogP contribution in [0.4, 0.5) is 0 Å². The molecule has 2 nitrogen and oxygen atoms in total. The van der Waals surface area contributed by atoms with Crippen LogP contribution in [0.25, 0.3) is 0 Å². The Morgan fingerprint density at radius 2 is 2.22 bits per heavy atom. The molecule has 0 fully saturated rings. The minimum atomic E-state index is 0.0449. The molecule has 0 atom stereocenters. The van der Waals surface area contributed by atoms with E-state index in [2.05, 4.69) is 19.3 Å². The summed E-state index contributed by atoms with van der Waals surface area (Å²) >= 11 is 0. The third-order valence-electron chi connectivity index (χ3n) is 1.20. The minimum Gasteiger partial charge on any atom is -0.354 e. The summed E-state index contributed by atoms with van der Waals surface area (Å²) in [5.41, 5.74) is 0. The number of hydrogen-bond donors (Lipinski definition) is 1. The van der Waals surface area contributed by atoms with E-state index in [0.717, 1.165) is 19.3 Å². The standard InChI is InChI=1S/C7H14NO/c1-3-4-5-6-7(9)8-2/h2-6H2,1H3,(H,8,9). The van der Waals surface area contributed by atoms with Crippen molar-refractivity contribution in [3.8, 4) is 0 Å². The first-order chi connectivity index (χ1) is 4.31. The fraction of sp³-hybridized carbons (Fsp3) is 0.714. The Kier molecular flexibility index (Phi) is 5.27. The Morgan fingerprint density at radius 3 is 2.67 bits per heavy atom. The second-order valence-corrected chi connectivity index (χ2v) is 2.06. The van der Waals surface area contributed by atoms with Crippen molar-refractivity contribution in [2.45, 2.75) is 32.6 Å². The maximum absolute atomic E-state index is 10.5. The van der Waals surface area contributed by atoms with Crippen LogP contribution in [0.15, 0.2) is 0 Å². The first kappa shape index (κ1) is 8.47. The largest absolute Gasteiger partial charge is 0.354 e. The second-order valence-electron chi connectivity index (χ2n) is 2.06. The van der Waals surface area contributed by atoms with E-state index >= 15 is 0 Å². The lowest BCUT2D eigenvalue weighted by atomic mass is 10.2. The quantitative estimate of drug-likeness (QED) is 0.571. The van der Waals surface area contributed by atoms with Gasteiger partial charge in [-0.25, -0.2) is 0 Å². The van der Waals surface area contributed by atoms with E-state index in [1.807, 2.05) is 0 Å². The highest BCUT2D eigenvalue weighted by Gasteiger charge is 1.94. The van der Waals surface area contributed by atoms with E-state index in [9.17, 15) is 4.79 Å². The van der Waals surface area contributed by atoms with Gasteiger partial charge in [0.15, 0.2) is 0 Å². The molecule has 0 aromatic heterocycles. The second kappa shape index (κ2) is 5.60. The van der Waals surface area contributed by atoms with E-state index in [1.54, 1.807) is 0 Å². The smallest absolute Gasteiger partial charge is 0.220 e. The lowest BCUT2D eigenvalue weighted by Gasteiger charge is -1.95. The van der Waals surface area contributed by atoms with Crippen LogP contribution in [0.1, 0.15) is 32.6 Å². The molecule has 0 saturated heterocycles. The van der Waals surface area contributed by atoms with E-state index in [0.29, 0.717) is 6.42 Å². The van der Waals surface area contributed by atoms with Crippen LogP contribution in [0.2, 0.25) is 0 Å². The van der Waals surface area contributed by atoms with Crippen molar-refractivity contribution in [1.29, 1.82) is 0 Å². The molecule has 53 valence electrons. The summed E-state index contributed by atoms with van der Waals surface area (Å²) in [7, 11) is 3.26. The van der Waals surface area contributed by atoms with E-state index < -0.39 is 0 Å². The molecule has 0 rings (SSSR count). The van der Waals surface area contributed by atoms with Crippen molar-refractivity contribution in [3.05, 3.63) is 7.05 Å². The summed E-state index contributed by atoms with van der Waals surface area (Å²) in [4.78, 5) is 10.5. The van der Waals surface area contributed by atoms with Crippen LogP contribution in [0.5, 0.6) is 0 Å². The van der Waals surface area contributed by atoms with E-state index in [4.69, 9.17) is 0 Å². The van der Waals surface area contributed by atoms with Gasteiger partial charge in [-0.15, -0.1) is 0 Å². The van der Waals surface area contributed by atoms with Crippen LogP contribution < -0.4 is 5.32 Å². The number of hydrogen-bond acceptors (Lipinski definition) is 1. The molecule has 0 heterocycles. The first-order valence-corrected chi connectivity index (χ1v) is 3.37. The predicted octanol–water partition coefficient (Wildman–Crippen LogP) is 1.47. The van der Waals surface area contributed by atoms with Crippen LogP contribution in [-0.4, -0.2) is 5.91 Å². The Labute approximate surface area is 56.6 Å². The molecular weight excluding hydrogens is 114 g/mol. The molecule has 0 spiro atoms. The number of carbonyl (C=O) groups is 1. The molecule has 2 heteroatoms. The third kappa shape index (κ3) is 5.34. The SMILES string of the molecule is [CH2]NC(=O)CCCCC. The van der Waals surface area contributed by atoms with Gasteiger partial charge in [0.2, 0.25) is 5.91 Å². The Hall–Kier alpha value is -0.530. The average molecular weight is 128 g/mol. The zero-order chi connectivity index (χ0) is 7.11. The van der Waals surface area contributed by atoms with Gasteiger partial charge in [-0.2, -0.15) is 0 Å². The zero-order valence-corrected chi connectivity index (χ0v) is 5.94. The highest BCUT2D eigenvalue weighted by Crippen LogP contribution is 1.97. The summed E-state index contributed by atoms with van der Waals surface area (Å²) in [6.45, 7) is 2.11. The summed E-state index contributed by atoms with van der Waals surface area (Å²) in [5, 5.41) is 2.33. The maximum Gasteiger partial charge on any atom is 0.220 e. The fourth-order valence-electron chi connectivity index (χ4n) is 0.624. The van der Waals surface area contributed by atoms with Gasteiger partial charge in [0.1, 0.15) is 0 Å². The highest BCUT2D eigenvalue weighted by atomic mass is 16.1. The number of unbranched alkanes of at least 4 members (excludes halogenated alkanes) is 2. The lowest BCUT2D eigenvalue weighted by molar-refractivity contribution is -0.120. The van der Waals surface area contributed by atoms with Gasteiger partial charge in [-0.3, -0.25) is 4.79 Å². The van der Waals surface area contributed by atoms with Crippen LogP contribution in [0, 0.1) is 7.05 Å². The maximum atomic E-state index is 10.5. The Bertz CT molecular complexity index is 81.0. The minimum absolute atomic E-state index is 0.0449. The van der Waals surface area contributed by atoms with Gasteiger partial charge in [0.25, 0.3) is 0 Å². The average Bonchev–Trinajstić information content (AvgIpc) is 1.89. The highest BCUT2D eigenvalue weighted by molar-refractivity contribution is 5.75. The molecule has 0 aliphatic rings. The zero-order valence-electron chi connectivity index (χ0n) is 5.94. The Balaban J connectivity index is 2.97. The number of nitrogens with one attached hydrogen (secondary N) is 1. The molecule has 0 unspecified atom stereocenters. The topological polar surface area (TPSA) is 29.1 Å². The van der Waals surface area contributed by atoms with Gasteiger partial charge >= 0.3 is 0 Å². The van der Waals surface area contributed by atoms with Crippen LogP contribution in [-0.2, 0) is 4.79 Å². The Morgan fingerprint density at radius 1 is 1.56 bits per heavy atom. The molecule has 0 aromatic carbocycles. The first-order valence-electron chi connectivity index (χ1n) is 3.37. The molecule has 0 aliphatic heterocycles. The molecule has 0 aliphatic carbocycles. The monoisotopic (exact) mass is 128 g/mol.